The van der Waals surface area contributed by atoms with Crippen molar-refractivity contribution in [3.63, 3.8) is 0 Å². The summed E-state index contributed by atoms with van der Waals surface area (Å²) in [6.45, 7) is 3.07. The monoisotopic (exact) mass is 345 g/mol. The van der Waals surface area contributed by atoms with E-state index in [1.807, 2.05) is 0 Å². The number of amides is 1. The minimum atomic E-state index is -0.396. The average molecular weight is 345 g/mol. The number of halogens is 1. The van der Waals surface area contributed by atoms with Crippen molar-refractivity contribution in [2.75, 3.05) is 19.7 Å². The van der Waals surface area contributed by atoms with E-state index in [0.717, 1.165) is 12.8 Å². The van der Waals surface area contributed by atoms with Gasteiger partial charge in [0.1, 0.15) is 5.76 Å². The molecule has 1 fully saturated rings. The second-order valence-corrected chi connectivity index (χ2v) is 6.27. The molecule has 0 spiro atoms. The van der Waals surface area contributed by atoms with Crippen LogP contribution in [0.15, 0.2) is 45.6 Å². The van der Waals surface area contributed by atoms with Crippen molar-refractivity contribution in [3.8, 4) is 5.75 Å². The fourth-order valence-corrected chi connectivity index (χ4v) is 3.02. The number of aryl methyl sites for hydroxylation is 1. The van der Waals surface area contributed by atoms with Crippen LogP contribution in [0, 0.1) is 18.7 Å². The Morgan fingerprint density at radius 2 is 2.16 bits per heavy atom. The topological polar surface area (TPSA) is 59.8 Å². The van der Waals surface area contributed by atoms with Crippen LogP contribution in [0.2, 0.25) is 0 Å². The van der Waals surface area contributed by atoms with Gasteiger partial charge in [0.25, 0.3) is 5.91 Å². The van der Waals surface area contributed by atoms with Crippen LogP contribution in [0.3, 0.4) is 0 Å². The minimum Gasteiger partial charge on any atom is -0.490 e. The molecule has 0 bridgehead atoms. The van der Waals surface area contributed by atoms with Crippen molar-refractivity contribution in [2.45, 2.75) is 19.8 Å². The first-order valence-electron chi connectivity index (χ1n) is 8.31. The van der Waals surface area contributed by atoms with Crippen molar-refractivity contribution in [1.29, 1.82) is 0 Å². The Morgan fingerprint density at radius 3 is 2.92 bits per heavy atom. The third kappa shape index (κ3) is 4.26. The summed E-state index contributed by atoms with van der Waals surface area (Å²) in [4.78, 5) is 25.8. The molecule has 1 aliphatic rings. The zero-order valence-corrected chi connectivity index (χ0v) is 14.0. The number of carbonyl (C=O) groups is 1. The first-order chi connectivity index (χ1) is 12.0. The number of ether oxygens (including phenoxy) is 1. The van der Waals surface area contributed by atoms with Gasteiger partial charge in [-0.2, -0.15) is 0 Å². The summed E-state index contributed by atoms with van der Waals surface area (Å²) in [5, 5.41) is 0. The minimum absolute atomic E-state index is 0.0562. The number of likely N-dealkylation sites (tertiary alicyclic amines) is 1. The molecule has 0 N–H and O–H groups in total. The number of para-hydroxylation sites is 1. The molecule has 1 saturated heterocycles. The van der Waals surface area contributed by atoms with E-state index in [1.165, 1.54) is 18.2 Å². The summed E-state index contributed by atoms with van der Waals surface area (Å²) < 4.78 is 24.6. The van der Waals surface area contributed by atoms with E-state index in [1.54, 1.807) is 30.0 Å². The van der Waals surface area contributed by atoms with Gasteiger partial charge in [0.15, 0.2) is 22.8 Å². The predicted octanol–water partition coefficient (Wildman–Crippen LogP) is 3.02. The molecule has 6 heteroatoms. The van der Waals surface area contributed by atoms with Gasteiger partial charge < -0.3 is 14.1 Å². The Hall–Kier alpha value is -2.63. The highest BCUT2D eigenvalue weighted by molar-refractivity contribution is 5.91. The van der Waals surface area contributed by atoms with Crippen LogP contribution in [0.5, 0.6) is 5.75 Å². The van der Waals surface area contributed by atoms with E-state index in [4.69, 9.17) is 9.15 Å². The molecule has 5 nitrogen and oxygen atoms in total. The third-order valence-electron chi connectivity index (χ3n) is 4.22. The highest BCUT2D eigenvalue weighted by atomic mass is 19.1. The maximum absolute atomic E-state index is 13.6. The maximum atomic E-state index is 13.6. The molecular formula is C19H20FNO4. The number of piperidine rings is 1. The van der Waals surface area contributed by atoms with Gasteiger partial charge in [0.2, 0.25) is 0 Å². The van der Waals surface area contributed by atoms with Crippen molar-refractivity contribution in [1.82, 2.24) is 4.90 Å². The van der Waals surface area contributed by atoms with Gasteiger partial charge >= 0.3 is 0 Å². The van der Waals surface area contributed by atoms with Gasteiger partial charge in [0, 0.05) is 31.1 Å². The van der Waals surface area contributed by atoms with Gasteiger partial charge in [-0.25, -0.2) is 4.39 Å². The van der Waals surface area contributed by atoms with Crippen LogP contribution in [0.1, 0.15) is 29.2 Å². The van der Waals surface area contributed by atoms with Crippen molar-refractivity contribution >= 4 is 5.91 Å². The first-order valence-corrected chi connectivity index (χ1v) is 8.31. The lowest BCUT2D eigenvalue weighted by molar-refractivity contribution is 0.0596. The van der Waals surface area contributed by atoms with Crippen LogP contribution < -0.4 is 10.2 Å². The number of hydrogen-bond acceptors (Lipinski definition) is 4. The fraction of sp³-hybridized carbons (Fsp3) is 0.368. The quantitative estimate of drug-likeness (QED) is 0.855. The smallest absolute Gasteiger partial charge is 0.289 e. The SMILES string of the molecule is Cc1cc(=O)cc(C(=O)N2CCC[C@H](COc3ccccc3F)C2)o1. The van der Waals surface area contributed by atoms with Gasteiger partial charge in [-0.15, -0.1) is 0 Å². The van der Waals surface area contributed by atoms with E-state index in [-0.39, 0.29) is 28.8 Å². The van der Waals surface area contributed by atoms with Gasteiger partial charge in [-0.05, 0) is 31.9 Å². The molecule has 132 valence electrons. The molecule has 1 aromatic heterocycles. The molecular weight excluding hydrogens is 325 g/mol. The lowest BCUT2D eigenvalue weighted by Gasteiger charge is -2.32. The summed E-state index contributed by atoms with van der Waals surface area (Å²) in [7, 11) is 0. The van der Waals surface area contributed by atoms with Gasteiger partial charge in [-0.3, -0.25) is 9.59 Å². The molecule has 1 aromatic carbocycles. The molecule has 2 aromatic rings. The van der Waals surface area contributed by atoms with Crippen LogP contribution in [-0.2, 0) is 0 Å². The summed E-state index contributed by atoms with van der Waals surface area (Å²) in [5.74, 6) is 0.0987. The van der Waals surface area contributed by atoms with Gasteiger partial charge in [-0.1, -0.05) is 12.1 Å². The van der Waals surface area contributed by atoms with Crippen LogP contribution >= 0.6 is 0 Å². The van der Waals surface area contributed by atoms with Crippen LogP contribution in [0.4, 0.5) is 4.39 Å². The maximum Gasteiger partial charge on any atom is 0.289 e. The molecule has 0 aliphatic carbocycles. The fourth-order valence-electron chi connectivity index (χ4n) is 3.02. The number of nitrogens with zero attached hydrogens (tertiary/aromatic N) is 1. The van der Waals surface area contributed by atoms with Crippen LogP contribution in [-0.4, -0.2) is 30.5 Å². The largest absolute Gasteiger partial charge is 0.490 e. The number of benzene rings is 1. The summed E-state index contributed by atoms with van der Waals surface area (Å²) in [6, 6.07) is 8.83. The Morgan fingerprint density at radius 1 is 1.36 bits per heavy atom. The molecule has 25 heavy (non-hydrogen) atoms. The second-order valence-electron chi connectivity index (χ2n) is 6.27. The van der Waals surface area contributed by atoms with Gasteiger partial charge in [0.05, 0.1) is 6.61 Å². The standard InChI is InChI=1S/C19H20FNO4/c1-13-9-15(22)10-18(25-13)19(23)21-8-4-5-14(11-21)12-24-17-7-3-2-6-16(17)20/h2-3,6-7,9-10,14H,4-5,8,11-12H2,1H3/t14-/m0/s1. The van der Waals surface area contributed by atoms with Crippen molar-refractivity contribution in [3.05, 3.63) is 64.0 Å². The Balaban J connectivity index is 1.63. The van der Waals surface area contributed by atoms with Crippen molar-refractivity contribution in [2.24, 2.45) is 5.92 Å². The number of hydrogen-bond donors (Lipinski definition) is 0. The molecule has 1 amide bonds. The summed E-state index contributed by atoms with van der Waals surface area (Å²) in [5.41, 5.74) is -0.247. The van der Waals surface area contributed by atoms with E-state index >= 15 is 0 Å². The molecule has 1 atom stereocenters. The highest BCUT2D eigenvalue weighted by Gasteiger charge is 2.26. The molecule has 1 aliphatic heterocycles. The number of carbonyl (C=O) groups excluding carboxylic acids is 1. The summed E-state index contributed by atoms with van der Waals surface area (Å²) in [6.07, 6.45) is 1.73. The normalized spacial score (nSPS) is 17.4. The third-order valence-corrected chi connectivity index (χ3v) is 4.22. The Bertz CT molecular complexity index is 817. The Labute approximate surface area is 145 Å². The average Bonchev–Trinajstić information content (AvgIpc) is 2.60. The van der Waals surface area contributed by atoms with E-state index in [2.05, 4.69) is 0 Å². The zero-order valence-electron chi connectivity index (χ0n) is 14.0. The summed E-state index contributed by atoms with van der Waals surface area (Å²) >= 11 is 0. The predicted molar refractivity (Wildman–Crippen MR) is 90.2 cm³/mol. The first kappa shape index (κ1) is 17.2. The molecule has 3 rings (SSSR count). The highest BCUT2D eigenvalue weighted by Crippen LogP contribution is 2.22. The van der Waals surface area contributed by atoms with E-state index < -0.39 is 5.82 Å². The van der Waals surface area contributed by atoms with Crippen molar-refractivity contribution < 1.29 is 18.3 Å². The molecule has 0 saturated carbocycles. The molecule has 2 heterocycles. The zero-order chi connectivity index (χ0) is 17.8. The lowest BCUT2D eigenvalue weighted by Crippen LogP contribution is -2.41. The Kier molecular flexibility index (Phi) is 5.16. The molecule has 0 unspecified atom stereocenters. The van der Waals surface area contributed by atoms with E-state index in [0.29, 0.717) is 25.5 Å². The van der Waals surface area contributed by atoms with Crippen LogP contribution in [0.25, 0.3) is 0 Å². The molecule has 0 radical (unpaired) electrons. The second kappa shape index (κ2) is 7.51. The number of rotatable bonds is 4. The van der Waals surface area contributed by atoms with E-state index in [9.17, 15) is 14.0 Å². The lowest BCUT2D eigenvalue weighted by atomic mass is 9.98.